The Hall–Kier alpha value is -1.64. The van der Waals surface area contributed by atoms with Gasteiger partial charge in [-0.15, -0.1) is 24.0 Å². The summed E-state index contributed by atoms with van der Waals surface area (Å²) in [5, 5.41) is 7.76. The summed E-state index contributed by atoms with van der Waals surface area (Å²) in [6, 6.07) is 8.64. The molecular weight excluding hydrogens is 463 g/mol. The van der Waals surface area contributed by atoms with Gasteiger partial charge in [-0.05, 0) is 35.8 Å². The fraction of sp³-hybridized carbons (Fsp3) is 0.571. The zero-order chi connectivity index (χ0) is 18.5. The minimum atomic E-state index is 0. The Labute approximate surface area is 184 Å². The molecule has 0 bridgehead atoms. The maximum absolute atomic E-state index is 4.56. The average Bonchev–Trinajstić information content (AvgIpc) is 3.34. The van der Waals surface area contributed by atoms with Crippen molar-refractivity contribution < 1.29 is 0 Å². The summed E-state index contributed by atoms with van der Waals surface area (Å²) in [5.41, 5.74) is 3.05. The smallest absolute Gasteiger partial charge is 0.193 e. The number of nitrogens with one attached hydrogen (secondary N) is 1. The van der Waals surface area contributed by atoms with Gasteiger partial charge in [-0.2, -0.15) is 5.10 Å². The van der Waals surface area contributed by atoms with Crippen LogP contribution in [-0.4, -0.2) is 45.8 Å². The molecule has 152 valence electrons. The van der Waals surface area contributed by atoms with Crippen LogP contribution in [-0.2, 0) is 13.1 Å². The van der Waals surface area contributed by atoms with Crippen molar-refractivity contribution in [3.05, 3.63) is 48.0 Å². The second-order valence-electron chi connectivity index (χ2n) is 8.05. The molecule has 2 aliphatic rings. The summed E-state index contributed by atoms with van der Waals surface area (Å²) in [7, 11) is 1.90. The first-order valence-corrected chi connectivity index (χ1v) is 10.1. The summed E-state index contributed by atoms with van der Waals surface area (Å²) < 4.78 is 1.85. The van der Waals surface area contributed by atoms with E-state index in [4.69, 9.17) is 0 Å². The number of likely N-dealkylation sites (tertiary alicyclic amines) is 1. The van der Waals surface area contributed by atoms with Crippen molar-refractivity contribution in [1.29, 1.82) is 0 Å². The molecule has 1 spiro atoms. The highest BCUT2D eigenvalue weighted by Crippen LogP contribution is 2.43. The van der Waals surface area contributed by atoms with Crippen molar-refractivity contribution in [1.82, 2.24) is 25.0 Å². The van der Waals surface area contributed by atoms with Crippen molar-refractivity contribution in [3.63, 3.8) is 0 Å². The van der Waals surface area contributed by atoms with Crippen molar-refractivity contribution in [2.45, 2.75) is 51.6 Å². The van der Waals surface area contributed by atoms with Crippen LogP contribution >= 0.6 is 24.0 Å². The lowest BCUT2D eigenvalue weighted by Crippen LogP contribution is -2.41. The normalized spacial score (nSPS) is 18.9. The number of aromatic nitrogens is 3. The van der Waals surface area contributed by atoms with Crippen LogP contribution in [0.1, 0.15) is 49.7 Å². The predicted octanol–water partition coefficient (Wildman–Crippen LogP) is 3.68. The third-order valence-corrected chi connectivity index (χ3v) is 6.12. The molecule has 1 aliphatic heterocycles. The molecule has 0 radical (unpaired) electrons. The lowest BCUT2D eigenvalue weighted by Gasteiger charge is -2.33. The number of nitrogens with zero attached hydrogens (tertiary/aromatic N) is 5. The van der Waals surface area contributed by atoms with E-state index < -0.39 is 0 Å². The minimum Gasteiger partial charge on any atom is -0.352 e. The van der Waals surface area contributed by atoms with Crippen LogP contribution in [0.25, 0.3) is 0 Å². The van der Waals surface area contributed by atoms with E-state index in [9.17, 15) is 0 Å². The van der Waals surface area contributed by atoms with Crippen molar-refractivity contribution in [3.8, 4) is 0 Å². The molecule has 1 aromatic carbocycles. The van der Waals surface area contributed by atoms with Gasteiger partial charge >= 0.3 is 0 Å². The van der Waals surface area contributed by atoms with Crippen LogP contribution in [0.4, 0.5) is 0 Å². The van der Waals surface area contributed by atoms with Crippen LogP contribution < -0.4 is 5.32 Å². The predicted molar refractivity (Wildman–Crippen MR) is 123 cm³/mol. The second-order valence-corrected chi connectivity index (χ2v) is 8.05. The first kappa shape index (κ1) is 21.1. The van der Waals surface area contributed by atoms with Gasteiger partial charge < -0.3 is 10.2 Å². The average molecular weight is 494 g/mol. The number of rotatable bonds is 4. The number of hydrogen-bond acceptors (Lipinski definition) is 3. The summed E-state index contributed by atoms with van der Waals surface area (Å²) in [6.45, 7) is 3.84. The molecule has 0 amide bonds. The summed E-state index contributed by atoms with van der Waals surface area (Å²) >= 11 is 0. The van der Waals surface area contributed by atoms with Gasteiger partial charge in [0.25, 0.3) is 0 Å². The maximum Gasteiger partial charge on any atom is 0.193 e. The Morgan fingerprint density at radius 2 is 2.00 bits per heavy atom. The molecule has 28 heavy (non-hydrogen) atoms. The van der Waals surface area contributed by atoms with Gasteiger partial charge in [0, 0.05) is 26.7 Å². The first-order chi connectivity index (χ1) is 13.3. The summed E-state index contributed by atoms with van der Waals surface area (Å²) in [4.78, 5) is 11.0. The van der Waals surface area contributed by atoms with Crippen LogP contribution in [0.15, 0.2) is 41.9 Å². The number of hydrogen-bond donors (Lipinski definition) is 1. The van der Waals surface area contributed by atoms with Gasteiger partial charge in [0.15, 0.2) is 5.96 Å². The van der Waals surface area contributed by atoms with Crippen molar-refractivity contribution in [2.24, 2.45) is 10.4 Å². The second kappa shape index (κ2) is 9.71. The Morgan fingerprint density at radius 3 is 2.75 bits per heavy atom. The van der Waals surface area contributed by atoms with Crippen molar-refractivity contribution in [2.75, 3.05) is 20.1 Å². The molecule has 1 N–H and O–H groups in total. The molecule has 1 aliphatic carbocycles. The third-order valence-electron chi connectivity index (χ3n) is 6.12. The summed E-state index contributed by atoms with van der Waals surface area (Å²) in [6.07, 6.45) is 11.7. The van der Waals surface area contributed by atoms with Crippen molar-refractivity contribution >= 4 is 29.9 Å². The molecular formula is C21H31IN6. The molecule has 1 aromatic heterocycles. The lowest BCUT2D eigenvalue weighted by atomic mass is 9.73. The molecule has 1 saturated heterocycles. The highest BCUT2D eigenvalue weighted by Gasteiger charge is 2.39. The fourth-order valence-corrected chi connectivity index (χ4v) is 4.68. The maximum atomic E-state index is 4.56. The van der Waals surface area contributed by atoms with Crippen LogP contribution in [0, 0.1) is 5.41 Å². The molecule has 6 nitrogen and oxygen atoms in total. The SMILES string of the molecule is CN=C(NCc1cccc(Cn2cncn2)c1)N1CCC2(CCCCC2)C1.I. The van der Waals surface area contributed by atoms with Crippen LogP contribution in [0.3, 0.4) is 0 Å². The third kappa shape index (κ3) is 5.04. The largest absolute Gasteiger partial charge is 0.352 e. The van der Waals surface area contributed by atoms with E-state index in [1.54, 1.807) is 12.7 Å². The Kier molecular flexibility index (Phi) is 7.31. The monoisotopic (exact) mass is 494 g/mol. The van der Waals surface area contributed by atoms with Crippen LogP contribution in [0.5, 0.6) is 0 Å². The molecule has 2 heterocycles. The zero-order valence-electron chi connectivity index (χ0n) is 16.7. The van der Waals surface area contributed by atoms with Gasteiger partial charge in [-0.3, -0.25) is 4.99 Å². The Balaban J connectivity index is 0.00000225. The Bertz CT molecular complexity index is 767. The van der Waals surface area contributed by atoms with E-state index in [-0.39, 0.29) is 24.0 Å². The molecule has 2 fully saturated rings. The number of benzene rings is 1. The molecule has 4 rings (SSSR count). The highest BCUT2D eigenvalue weighted by molar-refractivity contribution is 14.0. The van der Waals surface area contributed by atoms with E-state index in [1.807, 2.05) is 11.7 Å². The minimum absolute atomic E-state index is 0. The molecule has 2 aromatic rings. The highest BCUT2D eigenvalue weighted by atomic mass is 127. The lowest BCUT2D eigenvalue weighted by molar-refractivity contribution is 0.203. The molecule has 7 heteroatoms. The van der Waals surface area contributed by atoms with E-state index in [1.165, 1.54) is 56.2 Å². The molecule has 1 saturated carbocycles. The zero-order valence-corrected chi connectivity index (χ0v) is 19.0. The quantitative estimate of drug-likeness (QED) is 0.401. The van der Waals surface area contributed by atoms with E-state index >= 15 is 0 Å². The molecule has 0 unspecified atom stereocenters. The first-order valence-electron chi connectivity index (χ1n) is 10.1. The number of halogens is 1. The summed E-state index contributed by atoms with van der Waals surface area (Å²) in [5.74, 6) is 1.04. The van der Waals surface area contributed by atoms with Gasteiger partial charge in [-0.1, -0.05) is 43.5 Å². The molecule has 0 atom stereocenters. The van der Waals surface area contributed by atoms with Gasteiger partial charge in [0.05, 0.1) is 6.54 Å². The Morgan fingerprint density at radius 1 is 1.18 bits per heavy atom. The van der Waals surface area contributed by atoms with Gasteiger partial charge in [-0.25, -0.2) is 9.67 Å². The number of aliphatic imine (C=N–C) groups is 1. The van der Waals surface area contributed by atoms with Crippen LogP contribution in [0.2, 0.25) is 0 Å². The fourth-order valence-electron chi connectivity index (χ4n) is 4.68. The number of guanidine groups is 1. The standard InChI is InChI=1S/C21H30N6.HI/c1-22-20(26-11-10-21(15-26)8-3-2-4-9-21)24-13-18-6-5-7-19(12-18)14-27-17-23-16-25-27;/h5-7,12,16-17H,2-4,8-11,13-15H2,1H3,(H,22,24);1H. The van der Waals surface area contributed by atoms with Gasteiger partial charge in [0.2, 0.25) is 0 Å². The van der Waals surface area contributed by atoms with E-state index in [0.29, 0.717) is 5.41 Å². The van der Waals surface area contributed by atoms with E-state index in [0.717, 1.165) is 25.6 Å². The van der Waals surface area contributed by atoms with E-state index in [2.05, 4.69) is 49.6 Å². The van der Waals surface area contributed by atoms with Gasteiger partial charge in [0.1, 0.15) is 12.7 Å². The topological polar surface area (TPSA) is 58.3 Å².